The predicted octanol–water partition coefficient (Wildman–Crippen LogP) is 2.90. The van der Waals surface area contributed by atoms with E-state index in [1.807, 2.05) is 0 Å². The molecule has 0 saturated carbocycles. The van der Waals surface area contributed by atoms with Gasteiger partial charge in [-0.25, -0.2) is 0 Å². The molecule has 0 heterocycles. The number of rotatable bonds is 5. The number of unbranched alkanes of at least 4 members (excludes halogenated alkanes) is 1. The van der Waals surface area contributed by atoms with Gasteiger partial charge < -0.3 is 5.73 Å². The Labute approximate surface area is 87.7 Å². The molecular formula is C10H24LiN. The molecule has 0 aliphatic rings. The summed E-state index contributed by atoms with van der Waals surface area (Å²) in [5.41, 5.74) is 5.58. The molecule has 0 fully saturated rings. The van der Waals surface area contributed by atoms with Crippen LogP contribution in [0, 0.1) is 0 Å². The van der Waals surface area contributed by atoms with Crippen molar-refractivity contribution in [2.45, 2.75) is 64.0 Å². The van der Waals surface area contributed by atoms with Gasteiger partial charge in [-0.15, -0.1) is 0 Å². The summed E-state index contributed by atoms with van der Waals surface area (Å²) in [6.45, 7) is 6.50. The molecule has 0 radical (unpaired) electrons. The van der Waals surface area contributed by atoms with Gasteiger partial charge in [-0.05, 0) is 12.8 Å². The van der Waals surface area contributed by atoms with E-state index in [-0.39, 0.29) is 0 Å². The van der Waals surface area contributed by atoms with Crippen LogP contribution in [-0.4, -0.2) is 23.8 Å². The van der Waals surface area contributed by atoms with Crippen LogP contribution in [0.25, 0.3) is 0 Å². The number of hydrogen-bond acceptors (Lipinski definition) is 1. The van der Waals surface area contributed by atoms with Crippen molar-refractivity contribution >= 4 is 17.7 Å². The van der Waals surface area contributed by atoms with E-state index in [1.165, 1.54) is 30.8 Å². The first-order valence-electron chi connectivity index (χ1n) is 5.48. The van der Waals surface area contributed by atoms with Gasteiger partial charge in [0.1, 0.15) is 0 Å². The Morgan fingerprint density at radius 1 is 1.17 bits per heavy atom. The molecule has 2 N–H and O–H groups in total. The zero-order valence-electron chi connectivity index (χ0n) is 9.40. The molecule has 1 atom stereocenters. The Morgan fingerprint density at radius 3 is 1.83 bits per heavy atom. The standard InChI is InChI=1S/C6H15N.C4H9.Li/c1-3-5-6(7)4-2;1-3-4-2;/h6H,3-5,7H2,1-2H3;1,3-4H2,2H3;. The third kappa shape index (κ3) is 16.9. The molecule has 0 aromatic rings. The Balaban J connectivity index is 0. The average Bonchev–Trinajstić information content (AvgIpc) is 2.07. The fourth-order valence-electron chi connectivity index (χ4n) is 0.928. The summed E-state index contributed by atoms with van der Waals surface area (Å²) in [7, 11) is 0. The Bertz CT molecular complexity index is 64.9. The molecule has 1 unspecified atom stereocenters. The van der Waals surface area contributed by atoms with Gasteiger partial charge in [0, 0.05) is 6.04 Å². The minimum atomic E-state index is 0.449. The maximum absolute atomic E-state index is 5.58. The Morgan fingerprint density at radius 2 is 1.75 bits per heavy atom. The second kappa shape index (κ2) is 14.1. The molecule has 1 nitrogen and oxygen atoms in total. The molecule has 0 aliphatic carbocycles. The van der Waals surface area contributed by atoms with Crippen molar-refractivity contribution in [3.05, 3.63) is 0 Å². The molecule has 0 rings (SSSR count). The quantitative estimate of drug-likeness (QED) is 0.623. The Kier molecular flexibility index (Phi) is 17.7. The summed E-state index contributed by atoms with van der Waals surface area (Å²) in [6, 6.07) is 0.449. The van der Waals surface area contributed by atoms with E-state index in [2.05, 4.69) is 38.5 Å². The zero-order valence-corrected chi connectivity index (χ0v) is 9.40. The van der Waals surface area contributed by atoms with Crippen molar-refractivity contribution < 1.29 is 0 Å². The first-order chi connectivity index (χ1) is 5.72. The van der Waals surface area contributed by atoms with Gasteiger partial charge >= 0.3 is 42.6 Å². The van der Waals surface area contributed by atoms with E-state index >= 15 is 0 Å². The molecule has 0 aliphatic heterocycles. The van der Waals surface area contributed by atoms with Crippen LogP contribution in [0.15, 0.2) is 0 Å². The van der Waals surface area contributed by atoms with E-state index in [4.69, 9.17) is 5.73 Å². The molecule has 2 heteroatoms. The van der Waals surface area contributed by atoms with Crippen LogP contribution in [0.5, 0.6) is 0 Å². The van der Waals surface area contributed by atoms with Crippen LogP contribution >= 0.6 is 0 Å². The van der Waals surface area contributed by atoms with Crippen LogP contribution in [0.1, 0.15) is 52.9 Å². The van der Waals surface area contributed by atoms with E-state index in [1.54, 1.807) is 0 Å². The van der Waals surface area contributed by atoms with Crippen LogP contribution in [0.2, 0.25) is 5.09 Å². The predicted molar refractivity (Wildman–Crippen MR) is 58.6 cm³/mol. The number of hydrogen-bond donors (Lipinski definition) is 1. The molecule has 12 heavy (non-hydrogen) atoms. The SMILES string of the molecule is CCCC(N)CC.[Li][CH2]CCC. The average molecular weight is 165 g/mol. The molecule has 0 bridgehead atoms. The Hall–Kier alpha value is 0.557. The molecule has 0 aromatic carbocycles. The first-order valence-corrected chi connectivity index (χ1v) is 5.48. The summed E-state index contributed by atoms with van der Waals surface area (Å²) >= 11 is 2.21. The van der Waals surface area contributed by atoms with Gasteiger partial charge in [-0.3, -0.25) is 0 Å². The van der Waals surface area contributed by atoms with E-state index in [0.717, 1.165) is 6.42 Å². The van der Waals surface area contributed by atoms with Crippen molar-refractivity contribution in [3.8, 4) is 0 Å². The summed E-state index contributed by atoms with van der Waals surface area (Å²) < 4.78 is 0. The van der Waals surface area contributed by atoms with Gasteiger partial charge in [0.2, 0.25) is 0 Å². The fourth-order valence-corrected chi connectivity index (χ4v) is 0.928. The summed E-state index contributed by atoms with van der Waals surface area (Å²) in [6.07, 6.45) is 6.25. The fraction of sp³-hybridized carbons (Fsp3) is 1.00. The van der Waals surface area contributed by atoms with E-state index in [9.17, 15) is 0 Å². The third-order valence-electron chi connectivity index (χ3n) is 1.89. The second-order valence-corrected chi connectivity index (χ2v) is 3.31. The number of nitrogens with two attached hydrogens (primary N) is 1. The van der Waals surface area contributed by atoms with E-state index in [0.29, 0.717) is 6.04 Å². The summed E-state index contributed by atoms with van der Waals surface area (Å²) in [4.78, 5) is 0. The molecule has 0 saturated heterocycles. The normalized spacial score (nSPS) is 11.8. The third-order valence-corrected chi connectivity index (χ3v) is 1.89. The van der Waals surface area contributed by atoms with Crippen molar-refractivity contribution in [3.63, 3.8) is 0 Å². The van der Waals surface area contributed by atoms with Gasteiger partial charge in [0.05, 0.1) is 0 Å². The first kappa shape index (κ1) is 15.0. The molecule has 0 aromatic heterocycles. The van der Waals surface area contributed by atoms with Crippen LogP contribution in [0.4, 0.5) is 0 Å². The summed E-state index contributed by atoms with van der Waals surface area (Å²) in [5.74, 6) is 0. The van der Waals surface area contributed by atoms with E-state index < -0.39 is 0 Å². The second-order valence-electron chi connectivity index (χ2n) is 3.31. The topological polar surface area (TPSA) is 26.0 Å². The maximum atomic E-state index is 5.58. The molecule has 70 valence electrons. The van der Waals surface area contributed by atoms with Gasteiger partial charge in [-0.2, -0.15) is 0 Å². The van der Waals surface area contributed by atoms with Crippen LogP contribution in [-0.2, 0) is 0 Å². The molecule has 0 spiro atoms. The van der Waals surface area contributed by atoms with Gasteiger partial charge in [-0.1, -0.05) is 20.3 Å². The van der Waals surface area contributed by atoms with Gasteiger partial charge in [0.15, 0.2) is 0 Å². The zero-order chi connectivity index (χ0) is 9.82. The monoisotopic (exact) mass is 165 g/mol. The van der Waals surface area contributed by atoms with Crippen LogP contribution in [0.3, 0.4) is 0 Å². The minimum absolute atomic E-state index is 0.449. The molecular weight excluding hydrogens is 141 g/mol. The van der Waals surface area contributed by atoms with Crippen molar-refractivity contribution in [1.82, 2.24) is 0 Å². The van der Waals surface area contributed by atoms with Crippen molar-refractivity contribution in [1.29, 1.82) is 0 Å². The van der Waals surface area contributed by atoms with Crippen LogP contribution < -0.4 is 5.73 Å². The van der Waals surface area contributed by atoms with Crippen molar-refractivity contribution in [2.24, 2.45) is 5.73 Å². The van der Waals surface area contributed by atoms with Gasteiger partial charge in [0.25, 0.3) is 0 Å². The summed E-state index contributed by atoms with van der Waals surface area (Å²) in [5, 5.41) is 1.34. The van der Waals surface area contributed by atoms with Crippen molar-refractivity contribution in [2.75, 3.05) is 0 Å². The molecule has 0 amide bonds.